The lowest BCUT2D eigenvalue weighted by molar-refractivity contribution is 0.828. The minimum atomic E-state index is 0.417. The summed E-state index contributed by atoms with van der Waals surface area (Å²) in [7, 11) is 0. The standard InChI is InChI=1S/C11H10N4/c1-8-5-9(2)15(14-8)11-4-3-10(6-12)13-7-11/h3-5,7H,1-2H3. The Balaban J connectivity index is 2.46. The molecule has 2 aromatic rings. The van der Waals surface area contributed by atoms with Gasteiger partial charge in [0, 0.05) is 5.69 Å². The summed E-state index contributed by atoms with van der Waals surface area (Å²) < 4.78 is 1.81. The minimum Gasteiger partial charge on any atom is -0.243 e. The molecule has 0 radical (unpaired) electrons. The van der Waals surface area contributed by atoms with Gasteiger partial charge in [0.05, 0.1) is 17.6 Å². The lowest BCUT2D eigenvalue weighted by Gasteiger charge is -2.02. The van der Waals surface area contributed by atoms with Crippen LogP contribution in [0.1, 0.15) is 17.1 Å². The molecule has 0 aromatic carbocycles. The van der Waals surface area contributed by atoms with Gasteiger partial charge in [0.1, 0.15) is 11.8 Å². The van der Waals surface area contributed by atoms with E-state index in [9.17, 15) is 0 Å². The highest BCUT2D eigenvalue weighted by Gasteiger charge is 2.03. The van der Waals surface area contributed by atoms with Crippen molar-refractivity contribution in [3.05, 3.63) is 41.5 Å². The van der Waals surface area contributed by atoms with Crippen LogP contribution in [0.4, 0.5) is 0 Å². The predicted molar refractivity (Wildman–Crippen MR) is 55.5 cm³/mol. The molecule has 74 valence electrons. The van der Waals surface area contributed by atoms with Gasteiger partial charge in [-0.05, 0) is 32.0 Å². The average Bonchev–Trinajstić information content (AvgIpc) is 2.58. The molecule has 0 saturated heterocycles. The maximum atomic E-state index is 8.62. The van der Waals surface area contributed by atoms with Gasteiger partial charge in [-0.25, -0.2) is 9.67 Å². The normalized spacial score (nSPS) is 9.93. The summed E-state index contributed by atoms with van der Waals surface area (Å²) in [6.07, 6.45) is 1.65. The van der Waals surface area contributed by atoms with Gasteiger partial charge in [0.2, 0.25) is 0 Å². The Morgan fingerprint density at radius 1 is 1.33 bits per heavy atom. The Labute approximate surface area is 87.8 Å². The highest BCUT2D eigenvalue weighted by atomic mass is 15.3. The van der Waals surface area contributed by atoms with Crippen LogP contribution in [-0.4, -0.2) is 14.8 Å². The summed E-state index contributed by atoms with van der Waals surface area (Å²) in [6.45, 7) is 3.93. The Morgan fingerprint density at radius 3 is 2.60 bits per heavy atom. The van der Waals surface area contributed by atoms with Crippen molar-refractivity contribution in [3.63, 3.8) is 0 Å². The smallest absolute Gasteiger partial charge is 0.140 e. The number of nitrogens with zero attached hydrogens (tertiary/aromatic N) is 4. The van der Waals surface area contributed by atoms with E-state index in [2.05, 4.69) is 10.1 Å². The van der Waals surface area contributed by atoms with Crippen LogP contribution in [0.2, 0.25) is 0 Å². The average molecular weight is 198 g/mol. The first-order chi connectivity index (χ1) is 7.20. The number of aryl methyl sites for hydroxylation is 2. The summed E-state index contributed by atoms with van der Waals surface area (Å²) in [5.74, 6) is 0. The summed E-state index contributed by atoms with van der Waals surface area (Å²) >= 11 is 0. The number of hydrogen-bond acceptors (Lipinski definition) is 3. The Morgan fingerprint density at radius 2 is 2.13 bits per heavy atom. The van der Waals surface area contributed by atoms with Crippen molar-refractivity contribution in [2.24, 2.45) is 0 Å². The van der Waals surface area contributed by atoms with Crippen LogP contribution >= 0.6 is 0 Å². The number of aromatic nitrogens is 3. The van der Waals surface area contributed by atoms with Crippen LogP contribution < -0.4 is 0 Å². The molecular formula is C11H10N4. The summed E-state index contributed by atoms with van der Waals surface area (Å²) in [5.41, 5.74) is 3.32. The van der Waals surface area contributed by atoms with E-state index in [1.165, 1.54) is 0 Å². The lowest BCUT2D eigenvalue weighted by Crippen LogP contribution is -1.99. The molecule has 2 rings (SSSR count). The molecule has 0 unspecified atom stereocenters. The minimum absolute atomic E-state index is 0.417. The first-order valence-corrected chi connectivity index (χ1v) is 4.60. The van der Waals surface area contributed by atoms with Crippen molar-refractivity contribution in [3.8, 4) is 11.8 Å². The van der Waals surface area contributed by atoms with E-state index < -0.39 is 0 Å². The van der Waals surface area contributed by atoms with Gasteiger partial charge in [-0.2, -0.15) is 10.4 Å². The van der Waals surface area contributed by atoms with Gasteiger partial charge in [-0.15, -0.1) is 0 Å². The zero-order valence-electron chi connectivity index (χ0n) is 8.60. The second-order valence-corrected chi connectivity index (χ2v) is 3.35. The molecule has 0 N–H and O–H groups in total. The topological polar surface area (TPSA) is 54.5 Å². The summed E-state index contributed by atoms with van der Waals surface area (Å²) in [5, 5.41) is 13.0. The molecular weight excluding hydrogens is 188 g/mol. The highest BCUT2D eigenvalue weighted by molar-refractivity contribution is 5.34. The number of rotatable bonds is 1. The van der Waals surface area contributed by atoms with Gasteiger partial charge >= 0.3 is 0 Å². The quantitative estimate of drug-likeness (QED) is 0.701. The van der Waals surface area contributed by atoms with Gasteiger partial charge in [0.25, 0.3) is 0 Å². The van der Waals surface area contributed by atoms with Crippen LogP contribution in [0.3, 0.4) is 0 Å². The molecule has 0 aliphatic carbocycles. The molecule has 0 bridgehead atoms. The van der Waals surface area contributed by atoms with Crippen molar-refractivity contribution < 1.29 is 0 Å². The largest absolute Gasteiger partial charge is 0.243 e. The third-order valence-corrected chi connectivity index (χ3v) is 2.12. The fraction of sp³-hybridized carbons (Fsp3) is 0.182. The molecule has 0 aliphatic heterocycles. The number of pyridine rings is 1. The second-order valence-electron chi connectivity index (χ2n) is 3.35. The van der Waals surface area contributed by atoms with Crippen molar-refractivity contribution in [1.82, 2.24) is 14.8 Å². The molecule has 0 atom stereocenters. The summed E-state index contributed by atoms with van der Waals surface area (Å²) in [6, 6.07) is 7.51. The van der Waals surface area contributed by atoms with E-state index in [1.54, 1.807) is 12.3 Å². The van der Waals surface area contributed by atoms with E-state index in [4.69, 9.17) is 5.26 Å². The van der Waals surface area contributed by atoms with Gasteiger partial charge in [-0.1, -0.05) is 0 Å². The zero-order chi connectivity index (χ0) is 10.8. The molecule has 0 saturated carbocycles. The Bertz CT molecular complexity index is 517. The fourth-order valence-electron chi connectivity index (χ4n) is 1.47. The molecule has 0 fully saturated rings. The van der Waals surface area contributed by atoms with E-state index in [0.717, 1.165) is 17.1 Å². The molecule has 2 aromatic heterocycles. The molecule has 0 aliphatic rings. The third-order valence-electron chi connectivity index (χ3n) is 2.12. The van der Waals surface area contributed by atoms with Gasteiger partial charge in [0.15, 0.2) is 0 Å². The maximum Gasteiger partial charge on any atom is 0.140 e. The SMILES string of the molecule is Cc1cc(C)n(-c2ccc(C#N)nc2)n1. The second kappa shape index (κ2) is 3.54. The molecule has 0 amide bonds. The van der Waals surface area contributed by atoms with Crippen LogP contribution in [0.15, 0.2) is 24.4 Å². The molecule has 2 heterocycles. The van der Waals surface area contributed by atoms with E-state index in [0.29, 0.717) is 5.69 Å². The highest BCUT2D eigenvalue weighted by Crippen LogP contribution is 2.10. The maximum absolute atomic E-state index is 8.62. The van der Waals surface area contributed by atoms with Crippen LogP contribution in [0, 0.1) is 25.2 Å². The third kappa shape index (κ3) is 1.72. The first-order valence-electron chi connectivity index (χ1n) is 4.60. The molecule has 0 spiro atoms. The predicted octanol–water partition coefficient (Wildman–Crippen LogP) is 1.76. The van der Waals surface area contributed by atoms with Crippen LogP contribution in [0.25, 0.3) is 5.69 Å². The van der Waals surface area contributed by atoms with Crippen molar-refractivity contribution in [2.45, 2.75) is 13.8 Å². The zero-order valence-corrected chi connectivity index (χ0v) is 8.60. The van der Waals surface area contributed by atoms with Gasteiger partial charge < -0.3 is 0 Å². The number of nitriles is 1. The van der Waals surface area contributed by atoms with Gasteiger partial charge in [-0.3, -0.25) is 0 Å². The van der Waals surface area contributed by atoms with E-state index in [-0.39, 0.29) is 0 Å². The fourth-order valence-corrected chi connectivity index (χ4v) is 1.47. The van der Waals surface area contributed by atoms with Crippen molar-refractivity contribution >= 4 is 0 Å². The Hall–Kier alpha value is -2.15. The molecule has 4 nitrogen and oxygen atoms in total. The Kier molecular flexibility index (Phi) is 2.22. The van der Waals surface area contributed by atoms with Crippen LogP contribution in [-0.2, 0) is 0 Å². The van der Waals surface area contributed by atoms with Crippen LogP contribution in [0.5, 0.6) is 0 Å². The van der Waals surface area contributed by atoms with E-state index >= 15 is 0 Å². The molecule has 4 heteroatoms. The summed E-state index contributed by atoms with van der Waals surface area (Å²) in [4.78, 5) is 4.00. The number of hydrogen-bond donors (Lipinski definition) is 0. The first kappa shape index (κ1) is 9.41. The monoisotopic (exact) mass is 198 g/mol. The van der Waals surface area contributed by atoms with Crippen molar-refractivity contribution in [2.75, 3.05) is 0 Å². The molecule has 15 heavy (non-hydrogen) atoms. The van der Waals surface area contributed by atoms with E-state index in [1.807, 2.05) is 36.7 Å². The lowest BCUT2D eigenvalue weighted by atomic mass is 10.3. The van der Waals surface area contributed by atoms with Crippen molar-refractivity contribution in [1.29, 1.82) is 5.26 Å².